The molecule has 25 nitrogen and oxygen atoms in total. The van der Waals surface area contributed by atoms with E-state index in [-0.39, 0.29) is 29.0 Å². The van der Waals surface area contributed by atoms with Crippen molar-refractivity contribution in [2.24, 2.45) is 5.73 Å². The second-order valence-corrected chi connectivity index (χ2v) is 15.5. The Kier molecular flexibility index (Phi) is 8.04. The number of nitrogens with zero attached hydrogens (tertiary/aromatic N) is 5. The van der Waals surface area contributed by atoms with Crippen LogP contribution in [-0.4, -0.2) is 116 Å². The van der Waals surface area contributed by atoms with E-state index in [0.717, 1.165) is 17.2 Å². The summed E-state index contributed by atoms with van der Waals surface area (Å²) < 4.78 is 79.2. The quantitative estimate of drug-likeness (QED) is 0.110. The Labute approximate surface area is 272 Å². The second kappa shape index (κ2) is 11.4. The van der Waals surface area contributed by atoms with Crippen LogP contribution in [0.15, 0.2) is 36.7 Å². The van der Waals surface area contributed by atoms with Crippen LogP contribution in [0.4, 0.5) is 5.82 Å². The van der Waals surface area contributed by atoms with E-state index in [0.29, 0.717) is 0 Å². The number of ether oxygens (including phenoxy) is 2. The molecule has 4 saturated heterocycles. The number of rotatable bonds is 11. The maximum absolute atomic E-state index is 13.0. The topological polar surface area (TPSA) is 362 Å². The Morgan fingerprint density at radius 1 is 1.10 bits per heavy atom. The van der Waals surface area contributed by atoms with Gasteiger partial charge in [-0.2, -0.15) is 4.31 Å². The van der Waals surface area contributed by atoms with Crippen LogP contribution in [0.3, 0.4) is 0 Å². The first-order valence-electron chi connectivity index (χ1n) is 13.7. The number of carbonyl (C=O) groups is 1. The van der Waals surface area contributed by atoms with Crippen LogP contribution in [0.5, 0.6) is 0 Å². The lowest BCUT2D eigenvalue weighted by molar-refractivity contribution is -0.340. The highest BCUT2D eigenvalue weighted by molar-refractivity contribution is 7.61. The van der Waals surface area contributed by atoms with Gasteiger partial charge >= 0.3 is 23.5 Å². The van der Waals surface area contributed by atoms with Gasteiger partial charge in [0.25, 0.3) is 17.4 Å². The summed E-state index contributed by atoms with van der Waals surface area (Å²) in [5.74, 6) is -10.0. The number of hydrogen-bond donors (Lipinski definition) is 8. The molecule has 0 aliphatic carbocycles. The molecule has 2 aromatic heterocycles. The molecule has 0 radical (unpaired) electrons. The average Bonchev–Trinajstić information content (AvgIpc) is 3.70. The Balaban J connectivity index is 1.03. The van der Waals surface area contributed by atoms with Crippen LogP contribution >= 0.6 is 23.5 Å². The first-order chi connectivity index (χ1) is 22.8. The molecule has 2 aromatic rings. The molecular weight excluding hydrogens is 731 g/mol. The molecular formula is C21H26N7O18P3. The highest BCUT2D eigenvalue weighted by Gasteiger charge is 2.92. The van der Waals surface area contributed by atoms with Crippen molar-refractivity contribution in [2.45, 2.75) is 54.5 Å². The lowest BCUT2D eigenvalue weighted by Gasteiger charge is -2.35. The molecule has 7 rings (SSSR count). The second-order valence-electron chi connectivity index (χ2n) is 11.1. The SMILES string of the molecule is NC(=O)C1=CN([C@@H]2O[C@H](COP(=O)(O)OP(=O)(O)OC[C@@]34O[C@@H](n5cnc6c(N)ncnc65)[C@@]5(O)OP(=O)(O3)O[C@]45O)[C@@H](O)[C@H]2O)C=CC1. The van der Waals surface area contributed by atoms with Crippen LogP contribution in [0.2, 0.25) is 0 Å². The fraction of sp³-hybridized carbons (Fsp3) is 0.524. The van der Waals surface area contributed by atoms with Crippen LogP contribution in [0.1, 0.15) is 12.6 Å². The van der Waals surface area contributed by atoms with Crippen molar-refractivity contribution in [2.75, 3.05) is 18.9 Å². The van der Waals surface area contributed by atoms with E-state index in [2.05, 4.69) is 19.3 Å². The molecule has 7 heterocycles. The van der Waals surface area contributed by atoms with E-state index < -0.39 is 90.7 Å². The Morgan fingerprint density at radius 2 is 1.84 bits per heavy atom. The number of imidazole rings is 1. The number of aliphatic hydroxyl groups is 4. The minimum Gasteiger partial charge on any atom is -0.387 e. The molecule has 3 unspecified atom stereocenters. The maximum atomic E-state index is 13.0. The number of aromatic nitrogens is 4. The fourth-order valence-electron chi connectivity index (χ4n) is 5.64. The van der Waals surface area contributed by atoms with Crippen LogP contribution < -0.4 is 11.5 Å². The zero-order chi connectivity index (χ0) is 35.4. The predicted molar refractivity (Wildman–Crippen MR) is 150 cm³/mol. The first-order valence-corrected chi connectivity index (χ1v) is 18.2. The molecule has 0 saturated carbocycles. The number of phosphoric ester groups is 3. The molecule has 11 atom stereocenters. The number of fused-ring (bicyclic) bond motifs is 2. The smallest absolute Gasteiger partial charge is 0.387 e. The standard InChI is InChI=1S/C21H26N7O18P3/c22-14-11-16(25-7-24-14)28(8-26-11)18-20(32)21(33)19(42-18,43-49(38,44-20)45-21)6-40-48(36,37)46-47(34,35)39-5-10-12(29)13(30)17(41-10)27-3-1-2-9(4-27)15(23)31/h1,3-4,7-8,10,12-13,17-18,29-30,32-33H,2,5-6H2,(H2,23,31)(H,34,35)(H,36,37)(H2,22,24,25)/t10-,12-,13-,17-,18-,19-,20-,21-,49?/m1/s1. The lowest BCUT2D eigenvalue weighted by Crippen LogP contribution is -2.63. The maximum Gasteiger partial charge on any atom is 0.483 e. The highest BCUT2D eigenvalue weighted by atomic mass is 31.3. The summed E-state index contributed by atoms with van der Waals surface area (Å²) in [4.78, 5) is 44.9. The molecule has 268 valence electrons. The third kappa shape index (κ3) is 5.48. The van der Waals surface area contributed by atoms with Crippen molar-refractivity contribution in [3.05, 3.63) is 36.7 Å². The van der Waals surface area contributed by atoms with Crippen LogP contribution in [-0.2, 0) is 54.9 Å². The van der Waals surface area contributed by atoms with E-state index in [1.54, 1.807) is 0 Å². The number of anilines is 1. The number of amides is 1. The van der Waals surface area contributed by atoms with Crippen molar-refractivity contribution in [3.63, 3.8) is 0 Å². The molecule has 1 amide bonds. The van der Waals surface area contributed by atoms with Crippen molar-refractivity contribution in [1.82, 2.24) is 24.4 Å². The molecule has 28 heteroatoms. The number of allylic oxidation sites excluding steroid dienone is 1. The zero-order valence-corrected chi connectivity index (χ0v) is 26.9. The van der Waals surface area contributed by atoms with E-state index in [1.165, 1.54) is 23.4 Å². The number of carbonyl (C=O) groups excluding carboxylic acids is 1. The largest absolute Gasteiger partial charge is 0.483 e. The summed E-state index contributed by atoms with van der Waals surface area (Å²) in [6.07, 6.45) is -1.61. The average molecular weight is 757 g/mol. The van der Waals surface area contributed by atoms with Gasteiger partial charge in [0.15, 0.2) is 17.7 Å². The highest BCUT2D eigenvalue weighted by Crippen LogP contribution is 2.80. The van der Waals surface area contributed by atoms with E-state index >= 15 is 0 Å². The van der Waals surface area contributed by atoms with Crippen LogP contribution in [0.25, 0.3) is 11.2 Å². The van der Waals surface area contributed by atoms with Crippen molar-refractivity contribution in [3.8, 4) is 0 Å². The van der Waals surface area contributed by atoms with Gasteiger partial charge in [-0.05, 0) is 6.42 Å². The van der Waals surface area contributed by atoms with Gasteiger partial charge in [-0.3, -0.25) is 18.4 Å². The van der Waals surface area contributed by atoms with Crippen molar-refractivity contribution >= 4 is 46.4 Å². The van der Waals surface area contributed by atoms with Gasteiger partial charge in [0.2, 0.25) is 12.1 Å². The molecule has 0 aromatic carbocycles. The van der Waals surface area contributed by atoms with E-state index in [1.807, 2.05) is 0 Å². The van der Waals surface area contributed by atoms with Gasteiger partial charge in [0.05, 0.1) is 12.9 Å². The fourth-order valence-corrected chi connectivity index (χ4v) is 9.57. The molecule has 5 aliphatic heterocycles. The molecule has 2 bridgehead atoms. The number of nitrogens with two attached hydrogens (primary N) is 2. The molecule has 4 fully saturated rings. The van der Waals surface area contributed by atoms with E-state index in [9.17, 15) is 48.7 Å². The summed E-state index contributed by atoms with van der Waals surface area (Å²) in [6, 6.07) is 0. The van der Waals surface area contributed by atoms with Gasteiger partial charge in [0, 0.05) is 18.0 Å². The molecule has 5 aliphatic rings. The van der Waals surface area contributed by atoms with Crippen molar-refractivity contribution < 1.29 is 85.1 Å². The number of nitrogen functional groups attached to an aromatic ring is 1. The third-order valence-corrected chi connectivity index (χ3v) is 12.0. The minimum absolute atomic E-state index is 0.0131. The van der Waals surface area contributed by atoms with Gasteiger partial charge in [-0.25, -0.2) is 42.2 Å². The number of primary amides is 1. The Hall–Kier alpha value is -2.77. The summed E-state index contributed by atoms with van der Waals surface area (Å²) in [7, 11) is -16.1. The summed E-state index contributed by atoms with van der Waals surface area (Å²) in [5.41, 5.74) is 11.2. The minimum atomic E-state index is -5.72. The van der Waals surface area contributed by atoms with Gasteiger partial charge in [-0.15, -0.1) is 0 Å². The normalized spacial score (nSPS) is 40.5. The monoisotopic (exact) mass is 757 g/mol. The van der Waals surface area contributed by atoms with E-state index in [4.69, 9.17) is 43.6 Å². The number of hydrogen-bond acceptors (Lipinski definition) is 21. The van der Waals surface area contributed by atoms with Crippen LogP contribution in [0, 0.1) is 0 Å². The Bertz CT molecular complexity index is 1930. The van der Waals surface area contributed by atoms with Crippen molar-refractivity contribution in [1.29, 1.82) is 0 Å². The first kappa shape index (κ1) is 34.7. The number of phosphoric acid groups is 3. The zero-order valence-electron chi connectivity index (χ0n) is 24.2. The summed E-state index contributed by atoms with van der Waals surface area (Å²) in [6.45, 7) is -2.45. The van der Waals surface area contributed by atoms with Gasteiger partial charge in [-0.1, -0.05) is 6.08 Å². The summed E-state index contributed by atoms with van der Waals surface area (Å²) >= 11 is 0. The molecule has 10 N–H and O–H groups in total. The summed E-state index contributed by atoms with van der Waals surface area (Å²) in [5, 5.41) is 43.5. The number of aliphatic hydroxyl groups excluding tert-OH is 2. The Morgan fingerprint density at radius 3 is 2.55 bits per heavy atom. The molecule has 0 spiro atoms. The predicted octanol–water partition coefficient (Wildman–Crippen LogP) is -2.52. The lowest BCUT2D eigenvalue weighted by atomic mass is 9.99. The van der Waals surface area contributed by atoms with Gasteiger partial charge in [0.1, 0.15) is 36.8 Å². The molecule has 49 heavy (non-hydrogen) atoms. The third-order valence-electron chi connectivity index (χ3n) is 7.93. The van der Waals surface area contributed by atoms with Gasteiger partial charge < -0.3 is 56.1 Å².